The second-order valence-corrected chi connectivity index (χ2v) is 3.44. The lowest BCUT2D eigenvalue weighted by molar-refractivity contribution is -0.266. The van der Waals surface area contributed by atoms with E-state index in [4.69, 9.17) is 0 Å². The molecule has 0 aliphatic carbocycles. The van der Waals surface area contributed by atoms with Gasteiger partial charge in [0.15, 0.2) is 0 Å². The molecular formula is C11H5F7O. The number of halogens is 7. The van der Waals surface area contributed by atoms with Gasteiger partial charge in [0.05, 0.1) is 0 Å². The van der Waals surface area contributed by atoms with Crippen molar-refractivity contribution in [2.75, 3.05) is 0 Å². The highest BCUT2D eigenvalue weighted by Crippen LogP contribution is 2.36. The summed E-state index contributed by atoms with van der Waals surface area (Å²) in [6, 6.07) is 1.95. The highest BCUT2D eigenvalue weighted by atomic mass is 19.4. The van der Waals surface area contributed by atoms with Crippen LogP contribution in [0.2, 0.25) is 0 Å². The van der Waals surface area contributed by atoms with E-state index in [-0.39, 0.29) is 6.08 Å². The molecule has 104 valence electrons. The summed E-state index contributed by atoms with van der Waals surface area (Å²) >= 11 is 0. The van der Waals surface area contributed by atoms with Crippen molar-refractivity contribution in [1.29, 1.82) is 0 Å². The zero-order chi connectivity index (χ0) is 14.8. The van der Waals surface area contributed by atoms with E-state index in [0.29, 0.717) is 12.1 Å². The third-order valence-electron chi connectivity index (χ3n) is 2.04. The van der Waals surface area contributed by atoms with Crippen LogP contribution in [-0.4, -0.2) is 17.9 Å². The summed E-state index contributed by atoms with van der Waals surface area (Å²) in [5, 5.41) is 0. The van der Waals surface area contributed by atoms with E-state index in [1.165, 1.54) is 0 Å². The summed E-state index contributed by atoms with van der Waals surface area (Å²) in [7, 11) is 0. The van der Waals surface area contributed by atoms with Crippen molar-refractivity contribution in [1.82, 2.24) is 0 Å². The Bertz CT molecular complexity index is 516. The van der Waals surface area contributed by atoms with Gasteiger partial charge in [0.25, 0.3) is 0 Å². The molecule has 0 atom stereocenters. The van der Waals surface area contributed by atoms with Gasteiger partial charge in [-0.25, -0.2) is 8.78 Å². The van der Waals surface area contributed by atoms with Crippen LogP contribution in [0.1, 0.15) is 5.56 Å². The van der Waals surface area contributed by atoms with Crippen LogP contribution in [0.4, 0.5) is 30.7 Å². The second kappa shape index (κ2) is 5.02. The second-order valence-electron chi connectivity index (χ2n) is 3.44. The van der Waals surface area contributed by atoms with E-state index in [1.54, 1.807) is 0 Å². The molecule has 0 N–H and O–H groups in total. The van der Waals surface area contributed by atoms with E-state index in [1.807, 2.05) is 0 Å². The fraction of sp³-hybridized carbons (Fsp3) is 0.182. The standard InChI is InChI=1S/C11H5F7O/c12-7-3-1-6(8(13)5-7)2-4-9(19)10(14,15)11(16,17)18/h1-5H/b4-2+. The molecule has 0 heterocycles. The average molecular weight is 286 g/mol. The first-order valence-electron chi connectivity index (χ1n) is 4.68. The molecular weight excluding hydrogens is 281 g/mol. The van der Waals surface area contributed by atoms with Crippen LogP contribution >= 0.6 is 0 Å². The van der Waals surface area contributed by atoms with Gasteiger partial charge >= 0.3 is 12.1 Å². The fourth-order valence-electron chi connectivity index (χ4n) is 1.05. The molecule has 0 fully saturated rings. The van der Waals surface area contributed by atoms with Crippen molar-refractivity contribution in [3.8, 4) is 0 Å². The first-order chi connectivity index (χ1) is 8.55. The third-order valence-corrected chi connectivity index (χ3v) is 2.04. The maximum atomic E-state index is 13.0. The molecule has 0 saturated carbocycles. The number of ketones is 1. The Morgan fingerprint density at radius 3 is 2.11 bits per heavy atom. The van der Waals surface area contributed by atoms with E-state index in [2.05, 4.69) is 0 Å². The third kappa shape index (κ3) is 3.33. The number of alkyl halides is 5. The van der Waals surface area contributed by atoms with Crippen molar-refractivity contribution >= 4 is 11.9 Å². The number of benzene rings is 1. The molecule has 0 aromatic heterocycles. The Hall–Kier alpha value is -1.86. The molecule has 1 nitrogen and oxygen atoms in total. The normalized spacial score (nSPS) is 13.0. The number of carbonyl (C=O) groups is 1. The Morgan fingerprint density at radius 2 is 1.63 bits per heavy atom. The predicted molar refractivity (Wildman–Crippen MR) is 51.4 cm³/mol. The Kier molecular flexibility index (Phi) is 4.02. The average Bonchev–Trinajstić information content (AvgIpc) is 2.25. The zero-order valence-electron chi connectivity index (χ0n) is 8.94. The molecule has 0 aliphatic rings. The quantitative estimate of drug-likeness (QED) is 0.611. The van der Waals surface area contributed by atoms with Gasteiger partial charge in [-0.15, -0.1) is 0 Å². The van der Waals surface area contributed by atoms with Gasteiger partial charge in [0, 0.05) is 11.6 Å². The minimum atomic E-state index is -6.03. The van der Waals surface area contributed by atoms with Crippen LogP contribution in [0, 0.1) is 11.6 Å². The monoisotopic (exact) mass is 286 g/mol. The Morgan fingerprint density at radius 1 is 1.05 bits per heavy atom. The SMILES string of the molecule is O=C(/C=C/c1ccc(F)cc1F)C(F)(F)C(F)(F)F. The van der Waals surface area contributed by atoms with Crippen LogP contribution in [0.5, 0.6) is 0 Å². The highest BCUT2D eigenvalue weighted by molar-refractivity contribution is 5.99. The molecule has 0 radical (unpaired) electrons. The van der Waals surface area contributed by atoms with Crippen molar-refractivity contribution in [3.05, 3.63) is 41.5 Å². The Balaban J connectivity index is 2.97. The molecule has 1 rings (SSSR count). The number of hydrogen-bond donors (Lipinski definition) is 0. The maximum Gasteiger partial charge on any atom is 0.461 e. The van der Waals surface area contributed by atoms with Crippen LogP contribution < -0.4 is 0 Å². The molecule has 0 spiro atoms. The first-order valence-corrected chi connectivity index (χ1v) is 4.68. The van der Waals surface area contributed by atoms with Gasteiger partial charge < -0.3 is 0 Å². The van der Waals surface area contributed by atoms with Crippen LogP contribution in [-0.2, 0) is 4.79 Å². The van der Waals surface area contributed by atoms with E-state index < -0.39 is 35.1 Å². The van der Waals surface area contributed by atoms with Crippen LogP contribution in [0.3, 0.4) is 0 Å². The zero-order valence-corrected chi connectivity index (χ0v) is 8.94. The van der Waals surface area contributed by atoms with Gasteiger partial charge in [-0.1, -0.05) is 0 Å². The van der Waals surface area contributed by atoms with E-state index in [0.717, 1.165) is 12.1 Å². The molecule has 0 saturated heterocycles. The Labute approximate surface area is 102 Å². The first kappa shape index (κ1) is 15.2. The molecule has 0 aliphatic heterocycles. The lowest BCUT2D eigenvalue weighted by Gasteiger charge is -2.16. The molecule has 0 bridgehead atoms. The van der Waals surface area contributed by atoms with Gasteiger partial charge in [0.2, 0.25) is 5.78 Å². The molecule has 19 heavy (non-hydrogen) atoms. The number of rotatable bonds is 3. The molecule has 1 aromatic rings. The predicted octanol–water partition coefficient (Wildman–Crippen LogP) is 3.74. The summed E-state index contributed by atoms with van der Waals surface area (Å²) in [4.78, 5) is 10.7. The minimum Gasteiger partial charge on any atom is -0.288 e. The molecule has 0 amide bonds. The summed E-state index contributed by atoms with van der Waals surface area (Å²) in [6.07, 6.45) is -5.73. The highest BCUT2D eigenvalue weighted by Gasteiger charge is 2.62. The van der Waals surface area contributed by atoms with E-state index >= 15 is 0 Å². The summed E-state index contributed by atoms with van der Waals surface area (Å²) < 4.78 is 86.0. The van der Waals surface area contributed by atoms with Crippen LogP contribution in [0.25, 0.3) is 6.08 Å². The number of hydrogen-bond acceptors (Lipinski definition) is 1. The van der Waals surface area contributed by atoms with Gasteiger partial charge in [-0.2, -0.15) is 22.0 Å². The molecule has 0 unspecified atom stereocenters. The maximum absolute atomic E-state index is 13.0. The summed E-state index contributed by atoms with van der Waals surface area (Å²) in [5.41, 5.74) is -0.493. The van der Waals surface area contributed by atoms with Gasteiger partial charge in [0.1, 0.15) is 11.6 Å². The van der Waals surface area contributed by atoms with Gasteiger partial charge in [-0.3, -0.25) is 4.79 Å². The van der Waals surface area contributed by atoms with Crippen molar-refractivity contribution in [3.63, 3.8) is 0 Å². The summed E-state index contributed by atoms with van der Waals surface area (Å²) in [5.74, 6) is -10.2. The molecule has 8 heteroatoms. The van der Waals surface area contributed by atoms with Crippen LogP contribution in [0.15, 0.2) is 24.3 Å². The molecule has 1 aromatic carbocycles. The topological polar surface area (TPSA) is 17.1 Å². The number of allylic oxidation sites excluding steroid dienone is 1. The van der Waals surface area contributed by atoms with Crippen molar-refractivity contribution in [2.45, 2.75) is 12.1 Å². The fourth-order valence-corrected chi connectivity index (χ4v) is 1.05. The lowest BCUT2D eigenvalue weighted by Crippen LogP contribution is -2.43. The number of carbonyl (C=O) groups excluding carboxylic acids is 1. The summed E-state index contributed by atoms with van der Waals surface area (Å²) in [6.45, 7) is 0. The van der Waals surface area contributed by atoms with Crippen molar-refractivity contribution < 1.29 is 35.5 Å². The largest absolute Gasteiger partial charge is 0.461 e. The van der Waals surface area contributed by atoms with E-state index in [9.17, 15) is 35.5 Å². The van der Waals surface area contributed by atoms with Gasteiger partial charge in [-0.05, 0) is 24.3 Å². The van der Waals surface area contributed by atoms with Crippen molar-refractivity contribution in [2.24, 2.45) is 0 Å². The minimum absolute atomic E-state index is 0.107. The smallest absolute Gasteiger partial charge is 0.288 e. The lowest BCUT2D eigenvalue weighted by atomic mass is 10.1.